The predicted octanol–water partition coefficient (Wildman–Crippen LogP) is -3.10. The molecule has 0 spiro atoms. The third kappa shape index (κ3) is 8.68. The summed E-state index contributed by atoms with van der Waals surface area (Å²) >= 11 is 0. The van der Waals surface area contributed by atoms with Crippen molar-refractivity contribution in [3.8, 4) is 0 Å². The maximum atomic E-state index is 11.8. The van der Waals surface area contributed by atoms with Gasteiger partial charge in [-0.2, -0.15) is 0 Å². The second-order valence-corrected chi connectivity index (χ2v) is 7.82. The number of rotatable bonds is 10. The van der Waals surface area contributed by atoms with Crippen LogP contribution in [0.5, 0.6) is 0 Å². The number of hydrogen-bond acceptors (Lipinski definition) is 9. The van der Waals surface area contributed by atoms with Crippen LogP contribution in [0.1, 0.15) is 5.56 Å². The summed E-state index contributed by atoms with van der Waals surface area (Å²) < 4.78 is 0. The summed E-state index contributed by atoms with van der Waals surface area (Å²) in [5.41, 5.74) is 1.15. The van der Waals surface area contributed by atoms with Gasteiger partial charge in [0.2, 0.25) is 0 Å². The van der Waals surface area contributed by atoms with E-state index in [-0.39, 0.29) is 23.7 Å². The molecule has 0 saturated carbocycles. The molecule has 1 aromatic rings. The van der Waals surface area contributed by atoms with Crippen LogP contribution in [0.3, 0.4) is 0 Å². The normalized spacial score (nSPS) is 21.2. The van der Waals surface area contributed by atoms with Crippen LogP contribution >= 0.6 is 0 Å². The summed E-state index contributed by atoms with van der Waals surface area (Å²) in [6.07, 6.45) is -2.21. The minimum absolute atomic E-state index is 0. The standard InChI is InChI=1S/C21H36N3O6.Fe/c25-13-18(20(29)15-27)23-8-6-22(12-17-4-2-1-3-5-17)7-9-24(11-10-23)19(14-26)21(30)16-28;/h1-5,18-21,25,27-30H,6-16H2;/q-1;+6/t18-,19-,20-,21-;/m1./s1. The molecule has 1 aliphatic heterocycles. The number of aliphatic hydroxyl groups is 5. The van der Waals surface area contributed by atoms with Crippen LogP contribution < -0.4 is 5.11 Å². The first kappa shape index (κ1) is 28.4. The van der Waals surface area contributed by atoms with E-state index in [1.807, 2.05) is 40.1 Å². The molecule has 1 heterocycles. The zero-order valence-electron chi connectivity index (χ0n) is 17.8. The SMILES string of the molecule is [Fe+6].[O-]C[C@H]([C@H](O)CO)N1CCN(Cc2ccccc2)CCN([C@H](CO)[C@H](O)CO)CC1. The molecule has 0 amide bonds. The molecule has 174 valence electrons. The second kappa shape index (κ2) is 15.3. The first-order valence-electron chi connectivity index (χ1n) is 10.5. The van der Waals surface area contributed by atoms with Crippen molar-refractivity contribution in [3.63, 3.8) is 0 Å². The smallest absolute Gasteiger partial charge is 0.853 e. The Hall–Kier alpha value is -0.621. The van der Waals surface area contributed by atoms with E-state index in [4.69, 9.17) is 0 Å². The van der Waals surface area contributed by atoms with Gasteiger partial charge < -0.3 is 30.6 Å². The van der Waals surface area contributed by atoms with Crippen LogP contribution in [0, 0.1) is 0 Å². The van der Waals surface area contributed by atoms with Crippen molar-refractivity contribution in [1.29, 1.82) is 0 Å². The minimum Gasteiger partial charge on any atom is -0.853 e. The summed E-state index contributed by atoms with van der Waals surface area (Å²) in [4.78, 5) is 6.03. The van der Waals surface area contributed by atoms with Crippen LogP contribution in [-0.2, 0) is 23.6 Å². The maximum absolute atomic E-state index is 11.8. The molecule has 10 heteroatoms. The second-order valence-electron chi connectivity index (χ2n) is 7.82. The van der Waals surface area contributed by atoms with Crippen molar-refractivity contribution >= 4 is 0 Å². The number of nitrogens with zero attached hydrogens (tertiary/aromatic N) is 3. The van der Waals surface area contributed by atoms with Crippen LogP contribution in [0.25, 0.3) is 0 Å². The van der Waals surface area contributed by atoms with E-state index < -0.39 is 44.1 Å². The van der Waals surface area contributed by atoms with E-state index in [9.17, 15) is 30.6 Å². The van der Waals surface area contributed by atoms with Gasteiger partial charge in [0.15, 0.2) is 0 Å². The number of hydrogen-bond donors (Lipinski definition) is 5. The van der Waals surface area contributed by atoms with Crippen molar-refractivity contribution in [3.05, 3.63) is 35.9 Å². The van der Waals surface area contributed by atoms with Crippen LogP contribution in [-0.4, -0.2) is 130 Å². The molecule has 1 fully saturated rings. The molecule has 0 aliphatic carbocycles. The van der Waals surface area contributed by atoms with E-state index in [1.165, 1.54) is 0 Å². The van der Waals surface area contributed by atoms with Gasteiger partial charge in [0.1, 0.15) is 0 Å². The van der Waals surface area contributed by atoms with Gasteiger partial charge in [-0.05, 0) is 5.56 Å². The molecule has 31 heavy (non-hydrogen) atoms. The number of benzene rings is 1. The van der Waals surface area contributed by atoms with E-state index in [0.29, 0.717) is 45.8 Å². The summed E-state index contributed by atoms with van der Waals surface area (Å²) in [6, 6.07) is 8.67. The van der Waals surface area contributed by atoms with Crippen molar-refractivity contribution in [2.75, 3.05) is 65.7 Å². The van der Waals surface area contributed by atoms with Crippen LogP contribution in [0.4, 0.5) is 0 Å². The van der Waals surface area contributed by atoms with Crippen LogP contribution in [0.2, 0.25) is 0 Å². The minimum atomic E-state index is -1.13. The largest absolute Gasteiger partial charge is 6.00 e. The van der Waals surface area contributed by atoms with Gasteiger partial charge in [-0.25, -0.2) is 0 Å². The molecule has 0 unspecified atom stereocenters. The molecular formula is C21H36FeN3O6+5. The predicted molar refractivity (Wildman–Crippen MR) is 111 cm³/mol. The van der Waals surface area contributed by atoms with E-state index in [2.05, 4.69) is 4.90 Å². The maximum Gasteiger partial charge on any atom is 6.00 e. The molecule has 9 nitrogen and oxygen atoms in total. The Morgan fingerprint density at radius 3 is 1.71 bits per heavy atom. The average molecular weight is 482 g/mol. The first-order chi connectivity index (χ1) is 14.5. The van der Waals surface area contributed by atoms with Gasteiger partial charge in [-0.1, -0.05) is 30.3 Å². The summed E-state index contributed by atoms with van der Waals surface area (Å²) in [5, 5.41) is 60.5. The van der Waals surface area contributed by atoms with Crippen molar-refractivity contribution in [1.82, 2.24) is 14.7 Å². The van der Waals surface area contributed by atoms with Crippen LogP contribution in [0.15, 0.2) is 30.3 Å². The summed E-state index contributed by atoms with van der Waals surface area (Å²) in [6.45, 7) is 2.31. The quantitative estimate of drug-likeness (QED) is 0.220. The topological polar surface area (TPSA) is 134 Å². The third-order valence-electron chi connectivity index (χ3n) is 5.89. The van der Waals surface area contributed by atoms with Gasteiger partial charge in [-0.15, -0.1) is 6.61 Å². The van der Waals surface area contributed by atoms with E-state index in [1.54, 1.807) is 0 Å². The molecule has 0 bridgehead atoms. The zero-order chi connectivity index (χ0) is 21.9. The average Bonchev–Trinajstić information content (AvgIpc) is 2.87. The molecule has 5 N–H and O–H groups in total. The monoisotopic (exact) mass is 482 g/mol. The molecule has 1 aliphatic rings. The molecular weight excluding hydrogens is 446 g/mol. The molecule has 0 aromatic heterocycles. The van der Waals surface area contributed by atoms with Gasteiger partial charge in [0.25, 0.3) is 0 Å². The summed E-state index contributed by atoms with van der Waals surface area (Å²) in [7, 11) is 0. The Morgan fingerprint density at radius 1 is 0.742 bits per heavy atom. The molecule has 1 saturated heterocycles. The van der Waals surface area contributed by atoms with E-state index >= 15 is 0 Å². The fourth-order valence-corrected chi connectivity index (χ4v) is 3.98. The van der Waals surface area contributed by atoms with Crippen molar-refractivity contribution < 1.29 is 47.7 Å². The van der Waals surface area contributed by atoms with E-state index in [0.717, 1.165) is 5.56 Å². The van der Waals surface area contributed by atoms with Crippen molar-refractivity contribution in [2.24, 2.45) is 0 Å². The summed E-state index contributed by atoms with van der Waals surface area (Å²) in [5.74, 6) is 0. The Bertz CT molecular complexity index is 557. The third-order valence-corrected chi connectivity index (χ3v) is 5.89. The Labute approximate surface area is 195 Å². The molecule has 1 aromatic carbocycles. The Kier molecular flexibility index (Phi) is 14.0. The van der Waals surface area contributed by atoms with Gasteiger partial charge in [-0.3, -0.25) is 14.7 Å². The number of aliphatic hydroxyl groups excluding tert-OH is 5. The molecule has 0 radical (unpaired) electrons. The van der Waals surface area contributed by atoms with Gasteiger partial charge in [0.05, 0.1) is 38.1 Å². The fourth-order valence-electron chi connectivity index (χ4n) is 3.98. The Morgan fingerprint density at radius 2 is 1.23 bits per heavy atom. The first-order valence-corrected chi connectivity index (χ1v) is 10.5. The van der Waals surface area contributed by atoms with Crippen molar-refractivity contribution in [2.45, 2.75) is 30.8 Å². The zero-order valence-corrected chi connectivity index (χ0v) is 18.9. The van der Waals surface area contributed by atoms with Gasteiger partial charge >= 0.3 is 17.1 Å². The van der Waals surface area contributed by atoms with Gasteiger partial charge in [0, 0.05) is 51.9 Å². The Balaban J connectivity index is 0.00000480. The molecule has 4 atom stereocenters. The fraction of sp³-hybridized carbons (Fsp3) is 0.714. The molecule has 2 rings (SSSR count).